The van der Waals surface area contributed by atoms with Crippen LogP contribution < -0.4 is 11.1 Å². The number of carboxylic acid groups (broad SMARTS) is 1. The summed E-state index contributed by atoms with van der Waals surface area (Å²) >= 11 is 0. The van der Waals surface area contributed by atoms with Gasteiger partial charge in [-0.2, -0.15) is 0 Å². The molecule has 104 valence electrons. The molecule has 0 spiro atoms. The topological polar surface area (TPSA) is 123 Å². The first kappa shape index (κ1) is 13.5. The van der Waals surface area contributed by atoms with Crippen molar-refractivity contribution in [2.24, 2.45) is 11.1 Å². The molecule has 1 aromatic rings. The zero-order valence-corrected chi connectivity index (χ0v) is 10.5. The summed E-state index contributed by atoms with van der Waals surface area (Å²) in [4.78, 5) is 23.0. The molecule has 8 nitrogen and oxygen atoms in total. The number of rotatable bonds is 6. The van der Waals surface area contributed by atoms with E-state index in [4.69, 9.17) is 10.8 Å². The van der Waals surface area contributed by atoms with E-state index < -0.39 is 17.3 Å². The minimum atomic E-state index is -0.856. The van der Waals surface area contributed by atoms with Crippen LogP contribution in [0, 0.1) is 5.41 Å². The van der Waals surface area contributed by atoms with E-state index in [2.05, 4.69) is 15.6 Å². The molecule has 1 aliphatic carbocycles. The number of carboxylic acids is 1. The van der Waals surface area contributed by atoms with Crippen molar-refractivity contribution < 1.29 is 14.7 Å². The third-order valence-electron chi connectivity index (χ3n) is 3.48. The first-order valence-electron chi connectivity index (χ1n) is 6.19. The van der Waals surface area contributed by atoms with Crippen LogP contribution in [0.2, 0.25) is 0 Å². The average molecular weight is 267 g/mol. The van der Waals surface area contributed by atoms with Crippen LogP contribution in [0.15, 0.2) is 6.20 Å². The maximum atomic E-state index is 11.8. The summed E-state index contributed by atoms with van der Waals surface area (Å²) in [6.07, 6.45) is 3.58. The van der Waals surface area contributed by atoms with Gasteiger partial charge < -0.3 is 16.2 Å². The smallest absolute Gasteiger partial charge is 0.311 e. The monoisotopic (exact) mass is 267 g/mol. The Hall–Kier alpha value is -1.96. The standard InChI is InChI=1S/C11H17N5O3/c12-4-5-16-6-8(14-15-16)9(17)13-7-11(10(18)19)2-1-3-11/h6H,1-5,7,12H2,(H,13,17)(H,18,19). The van der Waals surface area contributed by atoms with Gasteiger partial charge in [0.1, 0.15) is 0 Å². The van der Waals surface area contributed by atoms with Crippen molar-refractivity contribution >= 4 is 11.9 Å². The summed E-state index contributed by atoms with van der Waals surface area (Å²) in [7, 11) is 0. The Morgan fingerprint density at radius 2 is 2.26 bits per heavy atom. The fourth-order valence-corrected chi connectivity index (χ4v) is 2.05. The van der Waals surface area contributed by atoms with Gasteiger partial charge in [0, 0.05) is 13.1 Å². The van der Waals surface area contributed by atoms with Gasteiger partial charge in [-0.3, -0.25) is 14.3 Å². The zero-order valence-electron chi connectivity index (χ0n) is 10.5. The maximum absolute atomic E-state index is 11.8. The molecule has 1 amide bonds. The molecule has 1 fully saturated rings. The number of hydrogen-bond acceptors (Lipinski definition) is 5. The molecule has 4 N–H and O–H groups in total. The summed E-state index contributed by atoms with van der Waals surface area (Å²) in [5.74, 6) is -1.26. The van der Waals surface area contributed by atoms with Crippen molar-refractivity contribution in [1.82, 2.24) is 20.3 Å². The Kier molecular flexibility index (Phi) is 3.79. The number of aromatic nitrogens is 3. The highest BCUT2D eigenvalue weighted by Crippen LogP contribution is 2.40. The molecular formula is C11H17N5O3. The second kappa shape index (κ2) is 5.35. The molecule has 1 aromatic heterocycles. The summed E-state index contributed by atoms with van der Waals surface area (Å²) in [6.45, 7) is 1.02. The zero-order chi connectivity index (χ0) is 13.9. The number of amides is 1. The fourth-order valence-electron chi connectivity index (χ4n) is 2.05. The Morgan fingerprint density at radius 1 is 1.53 bits per heavy atom. The first-order chi connectivity index (χ1) is 9.07. The molecule has 1 aliphatic rings. The van der Waals surface area contributed by atoms with E-state index in [1.807, 2.05) is 0 Å². The highest BCUT2D eigenvalue weighted by molar-refractivity contribution is 5.92. The SMILES string of the molecule is NCCn1cc(C(=O)NCC2(C(=O)O)CCC2)nn1. The number of carbonyl (C=O) groups excluding carboxylic acids is 1. The van der Waals surface area contributed by atoms with Gasteiger partial charge in [-0.25, -0.2) is 0 Å². The van der Waals surface area contributed by atoms with Crippen LogP contribution in [0.5, 0.6) is 0 Å². The molecule has 0 bridgehead atoms. The lowest BCUT2D eigenvalue weighted by atomic mass is 9.69. The number of carbonyl (C=O) groups is 2. The minimum absolute atomic E-state index is 0.130. The maximum Gasteiger partial charge on any atom is 0.311 e. The molecule has 1 saturated carbocycles. The van der Waals surface area contributed by atoms with Crippen LogP contribution in [-0.2, 0) is 11.3 Å². The van der Waals surface area contributed by atoms with E-state index in [9.17, 15) is 9.59 Å². The highest BCUT2D eigenvalue weighted by atomic mass is 16.4. The van der Waals surface area contributed by atoms with Crippen molar-refractivity contribution in [3.63, 3.8) is 0 Å². The Bertz CT molecular complexity index is 480. The van der Waals surface area contributed by atoms with Gasteiger partial charge in [-0.1, -0.05) is 11.6 Å². The second-order valence-corrected chi connectivity index (χ2v) is 4.78. The molecule has 0 unspecified atom stereocenters. The van der Waals surface area contributed by atoms with E-state index in [1.165, 1.54) is 10.9 Å². The van der Waals surface area contributed by atoms with Crippen molar-refractivity contribution in [3.05, 3.63) is 11.9 Å². The normalized spacial score (nSPS) is 16.7. The first-order valence-corrected chi connectivity index (χ1v) is 6.19. The van der Waals surface area contributed by atoms with Crippen LogP contribution in [-0.4, -0.2) is 45.1 Å². The third-order valence-corrected chi connectivity index (χ3v) is 3.48. The minimum Gasteiger partial charge on any atom is -0.481 e. The van der Waals surface area contributed by atoms with Crippen molar-refractivity contribution in [2.45, 2.75) is 25.8 Å². The number of nitrogens with two attached hydrogens (primary N) is 1. The quantitative estimate of drug-likeness (QED) is 0.621. The number of nitrogens with one attached hydrogen (secondary N) is 1. The van der Waals surface area contributed by atoms with Crippen LogP contribution >= 0.6 is 0 Å². The molecule has 8 heteroatoms. The van der Waals surface area contributed by atoms with Crippen molar-refractivity contribution in [2.75, 3.05) is 13.1 Å². The van der Waals surface area contributed by atoms with E-state index in [0.717, 1.165) is 6.42 Å². The number of hydrogen-bond donors (Lipinski definition) is 3. The molecule has 0 aromatic carbocycles. The molecule has 19 heavy (non-hydrogen) atoms. The van der Waals surface area contributed by atoms with E-state index in [-0.39, 0.29) is 12.2 Å². The highest BCUT2D eigenvalue weighted by Gasteiger charge is 2.44. The summed E-state index contributed by atoms with van der Waals surface area (Å²) in [5, 5.41) is 19.2. The van der Waals surface area contributed by atoms with Crippen LogP contribution in [0.25, 0.3) is 0 Å². The number of nitrogens with zero attached hydrogens (tertiary/aromatic N) is 3. The predicted molar refractivity (Wildman–Crippen MR) is 65.3 cm³/mol. The number of aliphatic carboxylic acids is 1. The molecule has 0 atom stereocenters. The fraction of sp³-hybridized carbons (Fsp3) is 0.636. The Morgan fingerprint density at radius 3 is 2.79 bits per heavy atom. The van der Waals surface area contributed by atoms with E-state index >= 15 is 0 Å². The Labute approximate surface area is 110 Å². The molecule has 1 heterocycles. The van der Waals surface area contributed by atoms with E-state index in [0.29, 0.717) is 25.9 Å². The Balaban J connectivity index is 1.91. The molecular weight excluding hydrogens is 250 g/mol. The van der Waals surface area contributed by atoms with Gasteiger partial charge in [0.25, 0.3) is 5.91 Å². The molecule has 0 aliphatic heterocycles. The van der Waals surface area contributed by atoms with E-state index in [1.54, 1.807) is 0 Å². The van der Waals surface area contributed by atoms with Gasteiger partial charge in [0.2, 0.25) is 0 Å². The van der Waals surface area contributed by atoms with Gasteiger partial charge >= 0.3 is 5.97 Å². The van der Waals surface area contributed by atoms with Crippen LogP contribution in [0.4, 0.5) is 0 Å². The largest absolute Gasteiger partial charge is 0.481 e. The van der Waals surface area contributed by atoms with Gasteiger partial charge in [-0.15, -0.1) is 5.10 Å². The summed E-state index contributed by atoms with van der Waals surface area (Å²) in [6, 6.07) is 0. The van der Waals surface area contributed by atoms with Gasteiger partial charge in [0.15, 0.2) is 5.69 Å². The second-order valence-electron chi connectivity index (χ2n) is 4.78. The summed E-state index contributed by atoms with van der Waals surface area (Å²) in [5.41, 5.74) is 4.74. The predicted octanol–water partition coefficient (Wildman–Crippen LogP) is -0.779. The average Bonchev–Trinajstić information content (AvgIpc) is 2.76. The van der Waals surface area contributed by atoms with Gasteiger partial charge in [0.05, 0.1) is 18.2 Å². The summed E-state index contributed by atoms with van der Waals surface area (Å²) < 4.78 is 1.48. The van der Waals surface area contributed by atoms with Crippen LogP contribution in [0.3, 0.4) is 0 Å². The molecule has 2 rings (SSSR count). The van der Waals surface area contributed by atoms with Crippen molar-refractivity contribution in [3.8, 4) is 0 Å². The third kappa shape index (κ3) is 2.73. The van der Waals surface area contributed by atoms with Crippen molar-refractivity contribution in [1.29, 1.82) is 0 Å². The molecule has 0 radical (unpaired) electrons. The lowest BCUT2D eigenvalue weighted by molar-refractivity contribution is -0.153. The molecule has 0 saturated heterocycles. The van der Waals surface area contributed by atoms with Gasteiger partial charge in [-0.05, 0) is 12.8 Å². The van der Waals surface area contributed by atoms with Crippen LogP contribution in [0.1, 0.15) is 29.8 Å². The lowest BCUT2D eigenvalue weighted by Crippen LogP contribution is -2.47. The lowest BCUT2D eigenvalue weighted by Gasteiger charge is -2.37.